The Balaban J connectivity index is 1.83. The van der Waals surface area contributed by atoms with E-state index in [4.69, 9.17) is 0 Å². The summed E-state index contributed by atoms with van der Waals surface area (Å²) in [5, 5.41) is 2.98. The van der Waals surface area contributed by atoms with Gasteiger partial charge in [0.15, 0.2) is 0 Å². The molecular formula is C26H25F2N3O2. The molecule has 1 fully saturated rings. The zero-order valence-electron chi connectivity index (χ0n) is 18.1. The fourth-order valence-electron chi connectivity index (χ4n) is 4.25. The first-order chi connectivity index (χ1) is 16.1. The number of benzene rings is 2. The van der Waals surface area contributed by atoms with Crippen LogP contribution in [0.15, 0.2) is 72.9 Å². The molecule has 1 heterocycles. The van der Waals surface area contributed by atoms with E-state index in [-0.39, 0.29) is 23.0 Å². The summed E-state index contributed by atoms with van der Waals surface area (Å²) in [7, 11) is 0. The third kappa shape index (κ3) is 5.08. The molecular weight excluding hydrogens is 424 g/mol. The summed E-state index contributed by atoms with van der Waals surface area (Å²) in [5.41, 5.74) is -0.119. The van der Waals surface area contributed by atoms with Crippen LogP contribution in [0.2, 0.25) is 0 Å². The van der Waals surface area contributed by atoms with Crippen LogP contribution >= 0.6 is 0 Å². The van der Waals surface area contributed by atoms with Crippen molar-refractivity contribution in [1.29, 1.82) is 0 Å². The number of para-hydroxylation sites is 1. The van der Waals surface area contributed by atoms with Gasteiger partial charge in [0.1, 0.15) is 23.4 Å². The summed E-state index contributed by atoms with van der Waals surface area (Å²) >= 11 is 0. The number of hydrogen-bond donors (Lipinski definition) is 1. The van der Waals surface area contributed by atoms with Gasteiger partial charge < -0.3 is 5.32 Å². The predicted octanol–water partition coefficient (Wildman–Crippen LogP) is 5.20. The molecule has 5 nitrogen and oxygen atoms in total. The minimum Gasteiger partial charge on any atom is -0.351 e. The van der Waals surface area contributed by atoms with Gasteiger partial charge in [0, 0.05) is 17.8 Å². The van der Waals surface area contributed by atoms with Crippen molar-refractivity contribution < 1.29 is 18.4 Å². The normalized spacial score (nSPS) is 15.0. The van der Waals surface area contributed by atoms with Gasteiger partial charge >= 0.3 is 0 Å². The lowest BCUT2D eigenvalue weighted by atomic mass is 9.94. The van der Waals surface area contributed by atoms with E-state index in [2.05, 4.69) is 10.3 Å². The molecule has 2 amide bonds. The van der Waals surface area contributed by atoms with E-state index in [1.165, 1.54) is 48.7 Å². The molecule has 2 aromatic carbocycles. The van der Waals surface area contributed by atoms with E-state index >= 15 is 0 Å². The van der Waals surface area contributed by atoms with Gasteiger partial charge in [-0.2, -0.15) is 0 Å². The SMILES string of the molecule is O=C(NC1CCCCC1)C(c1ccccc1F)N(C(=O)c1ccccn1)c1ccccc1F. The molecule has 3 aromatic rings. The largest absolute Gasteiger partial charge is 0.351 e. The number of nitrogens with one attached hydrogen (secondary N) is 1. The van der Waals surface area contributed by atoms with Crippen molar-refractivity contribution in [1.82, 2.24) is 10.3 Å². The van der Waals surface area contributed by atoms with Crippen LogP contribution in [0.5, 0.6) is 0 Å². The van der Waals surface area contributed by atoms with Crippen LogP contribution < -0.4 is 10.2 Å². The van der Waals surface area contributed by atoms with E-state index < -0.39 is 29.5 Å². The Kier molecular flexibility index (Phi) is 7.07. The van der Waals surface area contributed by atoms with E-state index in [9.17, 15) is 18.4 Å². The number of aromatic nitrogens is 1. The minimum atomic E-state index is -1.42. The average molecular weight is 450 g/mol. The Hall–Kier alpha value is -3.61. The van der Waals surface area contributed by atoms with Gasteiger partial charge in [-0.25, -0.2) is 8.78 Å². The molecule has 1 aliphatic rings. The first-order valence-corrected chi connectivity index (χ1v) is 11.1. The number of anilines is 1. The van der Waals surface area contributed by atoms with Gasteiger partial charge in [0.2, 0.25) is 5.91 Å². The molecule has 1 saturated carbocycles. The maximum Gasteiger partial charge on any atom is 0.277 e. The fourth-order valence-corrected chi connectivity index (χ4v) is 4.25. The molecule has 1 unspecified atom stereocenters. The molecule has 0 spiro atoms. The van der Waals surface area contributed by atoms with Crippen LogP contribution in [0.3, 0.4) is 0 Å². The van der Waals surface area contributed by atoms with Crippen LogP contribution in [-0.2, 0) is 4.79 Å². The molecule has 4 rings (SSSR count). The Morgan fingerprint density at radius 2 is 1.55 bits per heavy atom. The summed E-state index contributed by atoms with van der Waals surface area (Å²) in [6.45, 7) is 0. The summed E-state index contributed by atoms with van der Waals surface area (Å²) in [5.74, 6) is -2.61. The molecule has 0 saturated heterocycles. The molecule has 1 aromatic heterocycles. The Bertz CT molecular complexity index is 1120. The zero-order chi connectivity index (χ0) is 23.2. The highest BCUT2D eigenvalue weighted by Gasteiger charge is 2.37. The van der Waals surface area contributed by atoms with E-state index in [1.807, 2.05) is 0 Å². The highest BCUT2D eigenvalue weighted by molar-refractivity contribution is 6.09. The number of pyridine rings is 1. The molecule has 0 aliphatic heterocycles. The van der Waals surface area contributed by atoms with E-state index in [1.54, 1.807) is 24.3 Å². The number of carbonyl (C=O) groups is 2. The number of hydrogen-bond acceptors (Lipinski definition) is 3. The van der Waals surface area contributed by atoms with Gasteiger partial charge in [-0.3, -0.25) is 19.5 Å². The van der Waals surface area contributed by atoms with Crippen LogP contribution in [0.1, 0.15) is 54.2 Å². The summed E-state index contributed by atoms with van der Waals surface area (Å²) in [6.07, 6.45) is 6.13. The second-order valence-corrected chi connectivity index (χ2v) is 8.11. The number of halogens is 2. The van der Waals surface area contributed by atoms with Crippen molar-refractivity contribution in [3.05, 3.63) is 95.8 Å². The Labute approximate surface area is 191 Å². The van der Waals surface area contributed by atoms with E-state index in [0.29, 0.717) is 0 Å². The van der Waals surface area contributed by atoms with Crippen molar-refractivity contribution in [3.8, 4) is 0 Å². The van der Waals surface area contributed by atoms with Gasteiger partial charge in [0.25, 0.3) is 5.91 Å². The number of amides is 2. The first kappa shape index (κ1) is 22.6. The van der Waals surface area contributed by atoms with Gasteiger partial charge in [0.05, 0.1) is 5.69 Å². The molecule has 1 aliphatic carbocycles. The summed E-state index contributed by atoms with van der Waals surface area (Å²) in [6, 6.07) is 14.7. The quantitative estimate of drug-likeness (QED) is 0.563. The highest BCUT2D eigenvalue weighted by atomic mass is 19.1. The molecule has 170 valence electrons. The maximum absolute atomic E-state index is 15.0. The summed E-state index contributed by atoms with van der Waals surface area (Å²) < 4.78 is 30.0. The van der Waals surface area contributed by atoms with Gasteiger partial charge in [-0.05, 0) is 43.2 Å². The minimum absolute atomic E-state index is 0.0154. The van der Waals surface area contributed by atoms with Gasteiger partial charge in [-0.15, -0.1) is 0 Å². The predicted molar refractivity (Wildman–Crippen MR) is 122 cm³/mol. The Morgan fingerprint density at radius 3 is 2.21 bits per heavy atom. The first-order valence-electron chi connectivity index (χ1n) is 11.1. The second kappa shape index (κ2) is 10.3. The molecule has 33 heavy (non-hydrogen) atoms. The maximum atomic E-state index is 15.0. The summed E-state index contributed by atoms with van der Waals surface area (Å²) in [4.78, 5) is 32.3. The monoisotopic (exact) mass is 449 g/mol. The topological polar surface area (TPSA) is 62.3 Å². The third-order valence-electron chi connectivity index (χ3n) is 5.87. The fraction of sp³-hybridized carbons (Fsp3) is 0.269. The highest BCUT2D eigenvalue weighted by Crippen LogP contribution is 2.33. The number of nitrogens with zero attached hydrogens (tertiary/aromatic N) is 2. The standard InChI is InChI=1S/C26H25F2N3O2/c27-20-13-5-4-12-19(20)24(25(32)30-18-10-2-1-3-11-18)31(23-16-7-6-14-21(23)28)26(33)22-15-8-9-17-29-22/h4-9,12-18,24H,1-3,10-11H2,(H,30,32). The lowest BCUT2D eigenvalue weighted by molar-refractivity contribution is -0.123. The smallest absolute Gasteiger partial charge is 0.277 e. The lowest BCUT2D eigenvalue weighted by Gasteiger charge is -2.33. The average Bonchev–Trinajstić information content (AvgIpc) is 2.84. The lowest BCUT2D eigenvalue weighted by Crippen LogP contribution is -2.48. The van der Waals surface area contributed by atoms with Crippen molar-refractivity contribution in [2.24, 2.45) is 0 Å². The van der Waals surface area contributed by atoms with Crippen molar-refractivity contribution >= 4 is 17.5 Å². The molecule has 0 bridgehead atoms. The molecule has 1 N–H and O–H groups in total. The Morgan fingerprint density at radius 1 is 0.879 bits per heavy atom. The second-order valence-electron chi connectivity index (χ2n) is 8.11. The number of rotatable bonds is 6. The van der Waals surface area contributed by atoms with E-state index in [0.717, 1.165) is 37.0 Å². The number of carbonyl (C=O) groups excluding carboxylic acids is 2. The van der Waals surface area contributed by atoms with Gasteiger partial charge in [-0.1, -0.05) is 55.7 Å². The molecule has 1 atom stereocenters. The van der Waals surface area contributed by atoms with Crippen LogP contribution in [0.4, 0.5) is 14.5 Å². The van der Waals surface area contributed by atoms with Crippen molar-refractivity contribution in [2.75, 3.05) is 4.90 Å². The van der Waals surface area contributed by atoms with Crippen molar-refractivity contribution in [2.45, 2.75) is 44.2 Å². The van der Waals surface area contributed by atoms with Crippen LogP contribution in [0.25, 0.3) is 0 Å². The van der Waals surface area contributed by atoms with Crippen molar-refractivity contribution in [3.63, 3.8) is 0 Å². The third-order valence-corrected chi connectivity index (χ3v) is 5.87. The molecule has 7 heteroatoms. The van der Waals surface area contributed by atoms with Crippen LogP contribution in [0, 0.1) is 11.6 Å². The molecule has 0 radical (unpaired) electrons. The van der Waals surface area contributed by atoms with Crippen LogP contribution in [-0.4, -0.2) is 22.8 Å². The zero-order valence-corrected chi connectivity index (χ0v) is 18.1.